The molecule has 2 fully saturated rings. The van der Waals surface area contributed by atoms with Crippen molar-refractivity contribution in [3.63, 3.8) is 0 Å². The molecule has 2 unspecified atom stereocenters. The summed E-state index contributed by atoms with van der Waals surface area (Å²) in [6.45, 7) is 5.99. The highest BCUT2D eigenvalue weighted by molar-refractivity contribution is 6.30. The molecule has 250 valence electrons. The molecule has 0 spiro atoms. The molecule has 2 saturated heterocycles. The van der Waals surface area contributed by atoms with Crippen LogP contribution in [0.4, 0.5) is 0 Å². The van der Waals surface area contributed by atoms with Crippen LogP contribution in [-0.4, -0.2) is 69.4 Å². The van der Waals surface area contributed by atoms with Crippen LogP contribution in [0.25, 0.3) is 0 Å². The van der Waals surface area contributed by atoms with Crippen LogP contribution in [0.2, 0.25) is 10.0 Å². The summed E-state index contributed by atoms with van der Waals surface area (Å²) >= 11 is 12.1. The summed E-state index contributed by atoms with van der Waals surface area (Å²) in [6.07, 6.45) is 1.65. The molecule has 4 aromatic carbocycles. The Labute approximate surface area is 295 Å². The number of fused-ring (bicyclic) bond motifs is 6. The third-order valence-corrected chi connectivity index (χ3v) is 10.6. The highest BCUT2D eigenvalue weighted by Crippen LogP contribution is 2.51. The second-order valence-electron chi connectivity index (χ2n) is 12.6. The fraction of sp³-hybridized carbons (Fsp3) is 0.282. The number of rotatable bonds is 5. The van der Waals surface area contributed by atoms with E-state index in [0.717, 1.165) is 28.7 Å². The molecule has 49 heavy (non-hydrogen) atoms. The van der Waals surface area contributed by atoms with Crippen LogP contribution in [-0.2, 0) is 20.9 Å². The van der Waals surface area contributed by atoms with E-state index in [9.17, 15) is 19.2 Å². The quantitative estimate of drug-likeness (QED) is 0.228. The van der Waals surface area contributed by atoms with E-state index in [1.165, 1.54) is 0 Å². The molecule has 4 aliphatic heterocycles. The number of amides is 4. The van der Waals surface area contributed by atoms with Gasteiger partial charge in [-0.15, -0.1) is 0 Å². The van der Waals surface area contributed by atoms with Crippen molar-refractivity contribution in [3.05, 3.63) is 140 Å². The molecular weight excluding hydrogens is 659 g/mol. The Kier molecular flexibility index (Phi) is 8.49. The first-order chi connectivity index (χ1) is 23.7. The molecule has 0 radical (unpaired) electrons. The smallest absolute Gasteiger partial charge is 0.256 e. The van der Waals surface area contributed by atoms with Crippen molar-refractivity contribution in [2.45, 2.75) is 44.4 Å². The van der Waals surface area contributed by atoms with Gasteiger partial charge in [0.2, 0.25) is 11.8 Å². The summed E-state index contributed by atoms with van der Waals surface area (Å²) in [5.41, 5.74) is 3.17. The largest absolute Gasteiger partial charge is 0.310 e. The van der Waals surface area contributed by atoms with E-state index in [4.69, 9.17) is 23.2 Å². The molecule has 0 saturated carbocycles. The predicted molar refractivity (Wildman–Crippen MR) is 188 cm³/mol. The van der Waals surface area contributed by atoms with Gasteiger partial charge < -0.3 is 19.6 Å². The zero-order valence-electron chi connectivity index (χ0n) is 27.4. The molecule has 8 nitrogen and oxygen atoms in total. The minimum absolute atomic E-state index is 0.0163. The van der Waals surface area contributed by atoms with Gasteiger partial charge in [0.25, 0.3) is 11.8 Å². The van der Waals surface area contributed by atoms with Crippen LogP contribution in [0.15, 0.2) is 97.1 Å². The lowest BCUT2D eigenvalue weighted by Gasteiger charge is -2.40. The monoisotopic (exact) mass is 694 g/mol. The van der Waals surface area contributed by atoms with Gasteiger partial charge in [-0.2, -0.15) is 0 Å². The van der Waals surface area contributed by atoms with Crippen molar-refractivity contribution in [2.24, 2.45) is 0 Å². The summed E-state index contributed by atoms with van der Waals surface area (Å²) in [6, 6.07) is 30.1. The van der Waals surface area contributed by atoms with Crippen LogP contribution in [0.5, 0.6) is 0 Å². The summed E-state index contributed by atoms with van der Waals surface area (Å²) in [4.78, 5) is 58.9. The Morgan fingerprint density at radius 3 is 1.41 bits per heavy atom. The van der Waals surface area contributed by atoms with Crippen LogP contribution in [0.1, 0.15) is 76.1 Å². The van der Waals surface area contributed by atoms with E-state index in [0.29, 0.717) is 60.2 Å². The number of hydrogen-bond acceptors (Lipinski definition) is 4. The average Bonchev–Trinajstić information content (AvgIpc) is 3.84. The standard InChI is InChI=1S/C20H19ClN2O2.C19H17ClN2O2/c1-2-5-18(24)22-12-13-23-19(25)16-6-3-4-7-17(16)20(22,23)14-8-10-15(21)11-9-14;1-2-17(23)21-11-12-22-18(24)15-5-3-4-6-16(15)19(21,22)13-7-9-14(20)10-8-13/h3-4,6-11H,2,5,12-13H2,1H3;3-10H,2,11-12H2,1H3. The molecule has 2 atom stereocenters. The second-order valence-corrected chi connectivity index (χ2v) is 13.4. The van der Waals surface area contributed by atoms with E-state index in [1.807, 2.05) is 131 Å². The van der Waals surface area contributed by atoms with E-state index in [1.54, 1.807) is 0 Å². The molecule has 0 aromatic heterocycles. The Morgan fingerprint density at radius 2 is 1.00 bits per heavy atom. The van der Waals surface area contributed by atoms with Gasteiger partial charge in [-0.25, -0.2) is 0 Å². The van der Waals surface area contributed by atoms with Gasteiger partial charge in [-0.05, 0) is 42.8 Å². The van der Waals surface area contributed by atoms with Crippen molar-refractivity contribution in [2.75, 3.05) is 26.2 Å². The number of carbonyl (C=O) groups excluding carboxylic acids is 4. The van der Waals surface area contributed by atoms with Crippen LogP contribution >= 0.6 is 23.2 Å². The molecule has 0 aliphatic carbocycles. The van der Waals surface area contributed by atoms with Crippen molar-refractivity contribution in [3.8, 4) is 0 Å². The SMILES string of the molecule is CCC(=O)N1CCN2C(=O)c3ccccc3C12c1ccc(Cl)cc1.CCCC(=O)N1CCN2C(=O)c3ccccc3C12c1ccc(Cl)cc1. The Bertz CT molecular complexity index is 1970. The molecule has 0 N–H and O–H groups in total. The fourth-order valence-electron chi connectivity index (χ4n) is 8.10. The van der Waals surface area contributed by atoms with Gasteiger partial charge in [-0.1, -0.05) is 97.7 Å². The number of nitrogens with zero attached hydrogens (tertiary/aromatic N) is 4. The van der Waals surface area contributed by atoms with Crippen molar-refractivity contribution < 1.29 is 19.2 Å². The summed E-state index contributed by atoms with van der Waals surface area (Å²) < 4.78 is 0. The lowest BCUT2D eigenvalue weighted by Crippen LogP contribution is -2.51. The van der Waals surface area contributed by atoms with Gasteiger partial charge in [-0.3, -0.25) is 19.2 Å². The van der Waals surface area contributed by atoms with Crippen LogP contribution in [0.3, 0.4) is 0 Å². The maximum Gasteiger partial charge on any atom is 0.256 e. The summed E-state index contributed by atoms with van der Waals surface area (Å²) in [5, 5.41) is 1.26. The normalized spacial score (nSPS) is 21.6. The van der Waals surface area contributed by atoms with E-state index >= 15 is 0 Å². The van der Waals surface area contributed by atoms with Gasteiger partial charge in [0.05, 0.1) is 0 Å². The topological polar surface area (TPSA) is 81.2 Å². The number of carbonyl (C=O) groups is 4. The minimum atomic E-state index is -0.857. The highest BCUT2D eigenvalue weighted by Gasteiger charge is 2.60. The first-order valence-electron chi connectivity index (χ1n) is 16.7. The Morgan fingerprint density at radius 1 is 0.592 bits per heavy atom. The molecule has 10 heteroatoms. The van der Waals surface area contributed by atoms with Crippen molar-refractivity contribution in [1.29, 1.82) is 0 Å². The first kappa shape index (κ1) is 32.9. The van der Waals surface area contributed by atoms with Gasteiger partial charge >= 0.3 is 0 Å². The first-order valence-corrected chi connectivity index (χ1v) is 17.4. The highest BCUT2D eigenvalue weighted by atomic mass is 35.5. The second kappa shape index (κ2) is 12.7. The maximum atomic E-state index is 13.0. The molecule has 4 heterocycles. The van der Waals surface area contributed by atoms with Gasteiger partial charge in [0.1, 0.15) is 0 Å². The molecule has 4 aromatic rings. The average molecular weight is 696 g/mol. The third kappa shape index (κ3) is 4.79. The van der Waals surface area contributed by atoms with Crippen LogP contribution in [0, 0.1) is 0 Å². The Balaban J connectivity index is 0.000000154. The number of hydrogen-bond donors (Lipinski definition) is 0. The molecule has 0 bridgehead atoms. The molecule has 4 aliphatic rings. The predicted octanol–water partition coefficient (Wildman–Crippen LogP) is 6.89. The zero-order chi connectivity index (χ0) is 34.5. The lowest BCUT2D eigenvalue weighted by molar-refractivity contribution is -0.137. The number of halogens is 2. The van der Waals surface area contributed by atoms with Crippen molar-refractivity contribution >= 4 is 46.8 Å². The molecule has 8 rings (SSSR count). The van der Waals surface area contributed by atoms with Crippen molar-refractivity contribution in [1.82, 2.24) is 19.6 Å². The maximum absolute atomic E-state index is 13.0. The van der Waals surface area contributed by atoms with Gasteiger partial charge in [0.15, 0.2) is 11.3 Å². The zero-order valence-corrected chi connectivity index (χ0v) is 28.9. The van der Waals surface area contributed by atoms with Gasteiger partial charge in [0, 0.05) is 82.4 Å². The molecular formula is C39H36Cl2N4O4. The van der Waals surface area contributed by atoms with E-state index in [2.05, 4.69) is 0 Å². The molecule has 4 amide bonds. The summed E-state index contributed by atoms with van der Waals surface area (Å²) in [7, 11) is 0. The summed E-state index contributed by atoms with van der Waals surface area (Å²) in [5.74, 6) is 0.0747. The number of benzene rings is 4. The van der Waals surface area contributed by atoms with Crippen LogP contribution < -0.4 is 0 Å². The van der Waals surface area contributed by atoms with E-state index in [-0.39, 0.29) is 23.6 Å². The fourth-order valence-corrected chi connectivity index (χ4v) is 8.36. The minimum Gasteiger partial charge on any atom is -0.310 e. The van der Waals surface area contributed by atoms with E-state index < -0.39 is 11.3 Å². The Hall–Kier alpha value is -4.66. The third-order valence-electron chi connectivity index (χ3n) is 10.1. The lowest BCUT2D eigenvalue weighted by atomic mass is 9.89.